The van der Waals surface area contributed by atoms with Crippen LogP contribution in [0.2, 0.25) is 0 Å². The minimum absolute atomic E-state index is 0.648. The van der Waals surface area contributed by atoms with E-state index in [1.54, 1.807) is 11.3 Å². The molecule has 4 nitrogen and oxygen atoms in total. The molecule has 10 rings (SSSR count). The molecule has 0 fully saturated rings. The van der Waals surface area contributed by atoms with Crippen LogP contribution in [0.3, 0.4) is 0 Å². The van der Waals surface area contributed by atoms with Crippen LogP contribution in [0.5, 0.6) is 0 Å². The van der Waals surface area contributed by atoms with Crippen molar-refractivity contribution in [2.24, 2.45) is 0 Å². The summed E-state index contributed by atoms with van der Waals surface area (Å²) in [5, 5.41) is 5.05. The van der Waals surface area contributed by atoms with E-state index in [1.165, 1.54) is 35.6 Å². The Balaban J connectivity index is 1.03. The predicted molar refractivity (Wildman–Crippen MR) is 211 cm³/mol. The first-order valence-electron chi connectivity index (χ1n) is 16.5. The maximum Gasteiger partial charge on any atom is 0.164 e. The Morgan fingerprint density at radius 2 is 0.740 bits per heavy atom. The van der Waals surface area contributed by atoms with Crippen LogP contribution in [0, 0.1) is 0 Å². The van der Waals surface area contributed by atoms with Gasteiger partial charge in [-0.05, 0) is 23.3 Å². The van der Waals surface area contributed by atoms with E-state index in [0.717, 1.165) is 43.9 Å². The molecule has 0 spiro atoms. The standard InChI is InChI=1S/C44H26N4S2/c1-3-11-30(12-4-1)41-46-42(31-13-5-2-6-14-31)48-43(47-41)32-25-21-28(22-26-32)27-19-23-29(24-20-27)39-37-33-15-7-9-17-35(33)49-40(37)38-34-16-8-10-18-36(34)50-44(38)45-39/h1-26H. The van der Waals surface area contributed by atoms with E-state index in [2.05, 4.69) is 97.1 Å². The maximum absolute atomic E-state index is 5.34. The molecule has 0 atom stereocenters. The summed E-state index contributed by atoms with van der Waals surface area (Å²) in [5.74, 6) is 1.96. The number of benzene rings is 6. The van der Waals surface area contributed by atoms with E-state index >= 15 is 0 Å². The van der Waals surface area contributed by atoms with Crippen LogP contribution in [0.25, 0.3) is 97.0 Å². The van der Waals surface area contributed by atoms with Gasteiger partial charge in [-0.15, -0.1) is 22.7 Å². The second-order valence-corrected chi connectivity index (χ2v) is 14.3. The summed E-state index contributed by atoms with van der Waals surface area (Å²) in [6.45, 7) is 0. The van der Waals surface area contributed by atoms with Gasteiger partial charge in [0.25, 0.3) is 0 Å². The van der Waals surface area contributed by atoms with Crippen molar-refractivity contribution in [2.45, 2.75) is 0 Å². The van der Waals surface area contributed by atoms with Crippen molar-refractivity contribution in [1.82, 2.24) is 19.9 Å². The summed E-state index contributed by atoms with van der Waals surface area (Å²) in [6.07, 6.45) is 0. The molecule has 0 unspecified atom stereocenters. The number of fused-ring (bicyclic) bond motifs is 7. The van der Waals surface area contributed by atoms with E-state index < -0.39 is 0 Å². The van der Waals surface area contributed by atoms with Gasteiger partial charge in [0.1, 0.15) is 4.83 Å². The SMILES string of the molecule is c1ccc(-c2nc(-c3ccccc3)nc(-c3ccc(-c4ccc(-c5nc6sc7ccccc7c6c6sc7ccccc7c56)cc4)cc3)n2)cc1. The monoisotopic (exact) mass is 674 g/mol. The minimum atomic E-state index is 0.648. The van der Waals surface area contributed by atoms with Crippen molar-refractivity contribution < 1.29 is 0 Å². The Hall–Kier alpha value is -6.08. The first-order valence-corrected chi connectivity index (χ1v) is 18.1. The quantitative estimate of drug-likeness (QED) is 0.182. The molecule has 0 radical (unpaired) electrons. The molecule has 0 N–H and O–H groups in total. The van der Waals surface area contributed by atoms with Gasteiger partial charge in [0, 0.05) is 57.9 Å². The van der Waals surface area contributed by atoms with E-state index in [-0.39, 0.29) is 0 Å². The lowest BCUT2D eigenvalue weighted by molar-refractivity contribution is 1.07. The van der Waals surface area contributed by atoms with Crippen LogP contribution in [0.15, 0.2) is 158 Å². The highest BCUT2D eigenvalue weighted by Gasteiger charge is 2.19. The molecule has 4 aromatic heterocycles. The third kappa shape index (κ3) is 4.88. The lowest BCUT2D eigenvalue weighted by atomic mass is 9.99. The molecule has 0 saturated carbocycles. The Labute approximate surface area is 296 Å². The van der Waals surface area contributed by atoms with Crippen LogP contribution >= 0.6 is 22.7 Å². The summed E-state index contributed by atoms with van der Waals surface area (Å²) < 4.78 is 3.87. The molecular formula is C44H26N4S2. The van der Waals surface area contributed by atoms with Crippen molar-refractivity contribution in [2.75, 3.05) is 0 Å². The average Bonchev–Trinajstić information content (AvgIpc) is 3.77. The fourth-order valence-electron chi connectivity index (χ4n) is 6.72. The molecule has 4 heterocycles. The molecule has 0 saturated heterocycles. The summed E-state index contributed by atoms with van der Waals surface area (Å²) in [7, 11) is 0. The maximum atomic E-state index is 5.34. The average molecular weight is 675 g/mol. The molecular weight excluding hydrogens is 649 g/mol. The molecule has 0 aliphatic rings. The Morgan fingerprint density at radius 3 is 1.30 bits per heavy atom. The van der Waals surface area contributed by atoms with Crippen molar-refractivity contribution in [1.29, 1.82) is 0 Å². The third-order valence-corrected chi connectivity index (χ3v) is 11.4. The predicted octanol–water partition coefficient (Wildman–Crippen LogP) is 12.3. The first kappa shape index (κ1) is 28.9. The zero-order chi connectivity index (χ0) is 33.0. The fraction of sp³-hybridized carbons (Fsp3) is 0. The highest BCUT2D eigenvalue weighted by molar-refractivity contribution is 7.29. The van der Waals surface area contributed by atoms with E-state index in [1.807, 2.05) is 72.0 Å². The van der Waals surface area contributed by atoms with E-state index in [4.69, 9.17) is 19.9 Å². The molecule has 50 heavy (non-hydrogen) atoms. The zero-order valence-electron chi connectivity index (χ0n) is 26.6. The van der Waals surface area contributed by atoms with Crippen molar-refractivity contribution in [3.05, 3.63) is 158 Å². The second-order valence-electron chi connectivity index (χ2n) is 12.2. The first-order chi connectivity index (χ1) is 24.8. The normalized spacial score (nSPS) is 11.6. The summed E-state index contributed by atoms with van der Waals surface area (Å²) in [4.78, 5) is 21.1. The lowest BCUT2D eigenvalue weighted by Gasteiger charge is -2.10. The number of rotatable bonds is 5. The van der Waals surface area contributed by atoms with Crippen LogP contribution < -0.4 is 0 Å². The number of thiophene rings is 2. The van der Waals surface area contributed by atoms with Gasteiger partial charge < -0.3 is 0 Å². The third-order valence-electron chi connectivity index (χ3n) is 9.18. The molecule has 10 aromatic rings. The molecule has 0 amide bonds. The van der Waals surface area contributed by atoms with Crippen molar-refractivity contribution in [3.8, 4) is 56.5 Å². The number of nitrogens with zero attached hydrogens (tertiary/aromatic N) is 4. The van der Waals surface area contributed by atoms with Crippen molar-refractivity contribution >= 4 is 63.1 Å². The van der Waals surface area contributed by atoms with Gasteiger partial charge >= 0.3 is 0 Å². The molecule has 0 aliphatic carbocycles. The fourth-order valence-corrected chi connectivity index (χ4v) is 9.14. The van der Waals surface area contributed by atoms with E-state index in [0.29, 0.717) is 17.5 Å². The Morgan fingerprint density at radius 1 is 0.320 bits per heavy atom. The van der Waals surface area contributed by atoms with Crippen LogP contribution in [0.4, 0.5) is 0 Å². The Bertz CT molecular complexity index is 2780. The zero-order valence-corrected chi connectivity index (χ0v) is 28.2. The van der Waals surface area contributed by atoms with E-state index in [9.17, 15) is 0 Å². The van der Waals surface area contributed by atoms with Gasteiger partial charge in [0.15, 0.2) is 17.5 Å². The van der Waals surface area contributed by atoms with Gasteiger partial charge in [-0.25, -0.2) is 19.9 Å². The molecule has 0 bridgehead atoms. The largest absolute Gasteiger partial charge is 0.236 e. The number of aromatic nitrogens is 4. The molecule has 0 aliphatic heterocycles. The number of hydrogen-bond donors (Lipinski definition) is 0. The second kappa shape index (κ2) is 11.8. The Kier molecular flexibility index (Phi) is 6.82. The van der Waals surface area contributed by atoms with Gasteiger partial charge in [-0.1, -0.05) is 146 Å². The highest BCUT2D eigenvalue weighted by Crippen LogP contribution is 2.47. The van der Waals surface area contributed by atoms with Crippen LogP contribution in [0.1, 0.15) is 0 Å². The summed E-state index contributed by atoms with van der Waals surface area (Å²) >= 11 is 3.65. The molecule has 6 aromatic carbocycles. The minimum Gasteiger partial charge on any atom is -0.236 e. The van der Waals surface area contributed by atoms with Crippen LogP contribution in [-0.2, 0) is 0 Å². The van der Waals surface area contributed by atoms with Crippen LogP contribution in [-0.4, -0.2) is 19.9 Å². The number of hydrogen-bond acceptors (Lipinski definition) is 6. The summed E-state index contributed by atoms with van der Waals surface area (Å²) in [6, 6.07) is 54.8. The summed E-state index contributed by atoms with van der Waals surface area (Å²) in [5.41, 5.74) is 7.27. The lowest BCUT2D eigenvalue weighted by Crippen LogP contribution is -2.00. The smallest absolute Gasteiger partial charge is 0.164 e. The molecule has 234 valence electrons. The molecule has 6 heteroatoms. The topological polar surface area (TPSA) is 51.6 Å². The van der Waals surface area contributed by atoms with Gasteiger partial charge in [0.2, 0.25) is 0 Å². The highest BCUT2D eigenvalue weighted by atomic mass is 32.1. The number of pyridine rings is 1. The van der Waals surface area contributed by atoms with Gasteiger partial charge in [-0.2, -0.15) is 0 Å². The van der Waals surface area contributed by atoms with Gasteiger partial charge in [0.05, 0.1) is 5.69 Å². The van der Waals surface area contributed by atoms with Crippen molar-refractivity contribution in [3.63, 3.8) is 0 Å². The van der Waals surface area contributed by atoms with Gasteiger partial charge in [-0.3, -0.25) is 0 Å².